The van der Waals surface area contributed by atoms with E-state index >= 15 is 0 Å². The zero-order valence-electron chi connectivity index (χ0n) is 45.7. The third kappa shape index (κ3) is 13.2. The zero-order valence-corrected chi connectivity index (χ0v) is 45.7. The fraction of sp³-hybridized carbons (Fsp3) is 0.0870. The van der Waals surface area contributed by atoms with E-state index in [0.29, 0.717) is 36.7 Å². The second-order valence-electron chi connectivity index (χ2n) is 20.2. The van der Waals surface area contributed by atoms with Crippen LogP contribution in [0.2, 0.25) is 0 Å². The number of hydrogen-bond donors (Lipinski definition) is 3. The molecule has 9 aromatic carbocycles. The molecule has 0 atom stereocenters. The Morgan fingerprint density at radius 1 is 0.357 bits per heavy atom. The molecule has 0 spiro atoms. The number of hydrogen-bond acceptors (Lipinski definition) is 3. The summed E-state index contributed by atoms with van der Waals surface area (Å²) in [6, 6.07) is 57.2. The van der Waals surface area contributed by atoms with E-state index in [1.165, 1.54) is 34.9 Å². The third-order valence-corrected chi connectivity index (χ3v) is 14.1. The van der Waals surface area contributed by atoms with Gasteiger partial charge >= 0.3 is 0 Å². The van der Waals surface area contributed by atoms with Crippen molar-refractivity contribution >= 4 is 67.5 Å². The fourth-order valence-corrected chi connectivity index (χ4v) is 9.66. The summed E-state index contributed by atoms with van der Waals surface area (Å²) < 4.78 is 87.4. The number of para-hydroxylation sites is 3. The lowest BCUT2D eigenvalue weighted by Crippen LogP contribution is -2.14. The number of aryl methyl sites for hydroxylation is 3. The van der Waals surface area contributed by atoms with Gasteiger partial charge in [-0.1, -0.05) is 150 Å². The Bertz CT molecular complexity index is 4240. The highest BCUT2D eigenvalue weighted by Gasteiger charge is 2.20. The van der Waals surface area contributed by atoms with Gasteiger partial charge in [-0.05, 0) is 104 Å². The second kappa shape index (κ2) is 25.2. The Labute approximate surface area is 480 Å². The molecule has 0 unspecified atom stereocenters. The molecule has 0 aliphatic carbocycles. The summed E-state index contributed by atoms with van der Waals surface area (Å²) in [6.07, 6.45) is 5.50. The second-order valence-corrected chi connectivity index (χ2v) is 20.2. The number of fused-ring (bicyclic) bond motifs is 3. The van der Waals surface area contributed by atoms with Gasteiger partial charge in [0, 0.05) is 59.9 Å². The van der Waals surface area contributed by atoms with Crippen molar-refractivity contribution in [2.24, 2.45) is 0 Å². The Hall–Kier alpha value is -10.4. The Morgan fingerprint density at radius 2 is 0.750 bits per heavy atom. The highest BCUT2D eigenvalue weighted by atomic mass is 19.2. The van der Waals surface area contributed by atoms with E-state index in [0.717, 1.165) is 85.8 Å². The molecule has 0 radical (unpaired) electrons. The van der Waals surface area contributed by atoms with Crippen LogP contribution in [-0.2, 0) is 19.6 Å². The lowest BCUT2D eigenvalue weighted by atomic mass is 10.1. The molecule has 9 nitrogen and oxygen atoms in total. The number of anilines is 3. The van der Waals surface area contributed by atoms with Crippen molar-refractivity contribution in [1.82, 2.24) is 13.7 Å². The van der Waals surface area contributed by atoms with Gasteiger partial charge in [-0.3, -0.25) is 14.4 Å². The van der Waals surface area contributed by atoms with Gasteiger partial charge in [-0.25, -0.2) is 26.3 Å². The number of carbonyl (C=O) groups excluding carboxylic acids is 3. The van der Waals surface area contributed by atoms with Crippen LogP contribution in [0.25, 0.3) is 32.7 Å². The summed E-state index contributed by atoms with van der Waals surface area (Å²) in [6.45, 7) is 8.03. The third-order valence-electron chi connectivity index (χ3n) is 14.1. The minimum absolute atomic E-state index is 0.0641. The zero-order chi connectivity index (χ0) is 59.0. The molecule has 420 valence electrons. The monoisotopic (exact) mass is 1130 g/mol. The molecule has 0 fully saturated rings. The molecule has 0 saturated carbocycles. The number of aromatic nitrogens is 3. The number of carbonyl (C=O) groups is 3. The summed E-state index contributed by atoms with van der Waals surface area (Å²) in [5, 5.41) is 10.8. The minimum atomic E-state index is -1.15. The normalized spacial score (nSPS) is 11.0. The van der Waals surface area contributed by atoms with Crippen molar-refractivity contribution in [1.29, 1.82) is 0 Å². The summed E-state index contributed by atoms with van der Waals surface area (Å²) in [5.41, 5.74) is 11.0. The first kappa shape index (κ1) is 56.8. The molecule has 0 aliphatic rings. The van der Waals surface area contributed by atoms with Gasteiger partial charge in [0.1, 0.15) is 11.6 Å². The smallest absolute Gasteiger partial charge is 0.258 e. The van der Waals surface area contributed by atoms with Crippen LogP contribution in [0.15, 0.2) is 219 Å². The van der Waals surface area contributed by atoms with Crippen LogP contribution in [0.3, 0.4) is 0 Å². The van der Waals surface area contributed by atoms with Gasteiger partial charge in [-0.15, -0.1) is 0 Å². The maximum absolute atomic E-state index is 14.0. The molecule has 15 heteroatoms. The van der Waals surface area contributed by atoms with Crippen LogP contribution in [0.1, 0.15) is 64.5 Å². The molecule has 3 heterocycles. The highest BCUT2D eigenvalue weighted by molar-refractivity contribution is 6.11. The topological polar surface area (TPSA) is 102 Å². The maximum atomic E-state index is 14.0. The van der Waals surface area contributed by atoms with Crippen LogP contribution >= 0.6 is 0 Å². The van der Waals surface area contributed by atoms with Crippen molar-refractivity contribution in [3.8, 4) is 0 Å². The van der Waals surface area contributed by atoms with E-state index in [-0.39, 0.29) is 16.7 Å². The summed E-state index contributed by atoms with van der Waals surface area (Å²) >= 11 is 0. The lowest BCUT2D eigenvalue weighted by Gasteiger charge is -2.06. The van der Waals surface area contributed by atoms with E-state index < -0.39 is 52.6 Å². The molecule has 12 aromatic rings. The molecule has 3 N–H and O–H groups in total. The first-order valence-electron chi connectivity index (χ1n) is 26.7. The van der Waals surface area contributed by atoms with Crippen molar-refractivity contribution < 1.29 is 40.7 Å². The van der Waals surface area contributed by atoms with Crippen LogP contribution in [0, 0.1) is 55.7 Å². The van der Waals surface area contributed by atoms with Crippen LogP contribution in [0.4, 0.5) is 43.4 Å². The highest BCUT2D eigenvalue weighted by Crippen LogP contribution is 2.31. The van der Waals surface area contributed by atoms with Crippen molar-refractivity contribution in [2.75, 3.05) is 16.0 Å². The molecule has 3 aromatic heterocycles. The molecule has 12 rings (SSSR count). The summed E-state index contributed by atoms with van der Waals surface area (Å²) in [5.74, 6) is -7.50. The lowest BCUT2D eigenvalue weighted by molar-refractivity contribution is 0.101. The van der Waals surface area contributed by atoms with Gasteiger partial charge < -0.3 is 29.7 Å². The number of nitrogens with one attached hydrogen (secondary N) is 3. The predicted octanol–water partition coefficient (Wildman–Crippen LogP) is 16.6. The van der Waals surface area contributed by atoms with E-state index in [4.69, 9.17) is 0 Å². The van der Waals surface area contributed by atoms with E-state index in [9.17, 15) is 40.7 Å². The minimum Gasteiger partial charge on any atom is -0.341 e. The van der Waals surface area contributed by atoms with E-state index in [1.54, 1.807) is 0 Å². The van der Waals surface area contributed by atoms with Crippen LogP contribution in [0.5, 0.6) is 0 Å². The molecular formula is C69H54F6N6O3. The average molecular weight is 1130 g/mol. The Kier molecular flexibility index (Phi) is 17.0. The number of halogens is 6. The van der Waals surface area contributed by atoms with Crippen molar-refractivity contribution in [2.45, 2.75) is 40.4 Å². The number of amides is 3. The number of rotatable bonds is 12. The molecule has 0 aliphatic heterocycles. The van der Waals surface area contributed by atoms with Gasteiger partial charge in [-0.2, -0.15) is 0 Å². The molecular weight excluding hydrogens is 1070 g/mol. The SMILES string of the molecule is Cc1ccc(Cn2cc(NC(=O)c3cc(F)ccc3F)c3ccccc32)cc1.Cc1ccc(Cn2cc(NC(=O)c3ccc(F)c(F)c3)c3ccccc32)cc1.Cc1ccc(Cn2cc(NC(=O)c3cccc(F)c3F)c3ccccc32)cc1. The number of nitrogens with zero attached hydrogens (tertiary/aromatic N) is 3. The van der Waals surface area contributed by atoms with Crippen LogP contribution < -0.4 is 16.0 Å². The largest absolute Gasteiger partial charge is 0.341 e. The maximum Gasteiger partial charge on any atom is 0.258 e. The molecule has 0 bridgehead atoms. The summed E-state index contributed by atoms with van der Waals surface area (Å²) in [4.78, 5) is 37.5. The quantitative estimate of drug-likeness (QED) is 0.106. The fourth-order valence-electron chi connectivity index (χ4n) is 9.66. The van der Waals surface area contributed by atoms with Crippen LogP contribution in [-0.4, -0.2) is 31.4 Å². The Morgan fingerprint density at radius 3 is 1.18 bits per heavy atom. The predicted molar refractivity (Wildman–Crippen MR) is 320 cm³/mol. The molecule has 3 amide bonds. The van der Waals surface area contributed by atoms with Gasteiger partial charge in [0.05, 0.1) is 44.7 Å². The van der Waals surface area contributed by atoms with Gasteiger partial charge in [0.25, 0.3) is 17.7 Å². The van der Waals surface area contributed by atoms with E-state index in [2.05, 4.69) is 93.3 Å². The van der Waals surface area contributed by atoms with Gasteiger partial charge in [0.2, 0.25) is 0 Å². The first-order valence-corrected chi connectivity index (χ1v) is 26.7. The standard InChI is InChI=1S/3C23H18F2N2O/c1-15-9-11-16(12-10-15)13-27-14-20(17-5-2-3-8-21(17)27)26-23(28)18-6-4-7-19(24)22(18)25;1-15-6-8-16(9-7-15)13-27-14-21(18-4-2-3-5-22(18)27)26-23(28)19-12-17(24)10-11-20(19)25;1-15-6-8-16(9-7-15)13-27-14-21(18-4-2-3-5-22(18)27)26-23(28)17-10-11-19(24)20(25)12-17/h3*2-12,14H,13H2,1H3,(H,26,28). The summed E-state index contributed by atoms with van der Waals surface area (Å²) in [7, 11) is 0. The molecule has 84 heavy (non-hydrogen) atoms. The first-order chi connectivity index (χ1) is 40.5. The molecule has 0 saturated heterocycles. The average Bonchev–Trinajstić information content (AvgIpc) is 4.35. The van der Waals surface area contributed by atoms with Crippen molar-refractivity contribution in [3.63, 3.8) is 0 Å². The van der Waals surface area contributed by atoms with Gasteiger partial charge in [0.15, 0.2) is 23.3 Å². The van der Waals surface area contributed by atoms with E-state index in [1.807, 2.05) is 121 Å². The van der Waals surface area contributed by atoms with Crippen molar-refractivity contribution in [3.05, 3.63) is 304 Å². The number of benzene rings is 9. The Balaban J connectivity index is 0.000000140.